The van der Waals surface area contributed by atoms with Crippen LogP contribution in [0.25, 0.3) is 0 Å². The second-order valence-corrected chi connectivity index (χ2v) is 8.78. The quantitative estimate of drug-likeness (QED) is 0.940. The highest BCUT2D eigenvalue weighted by atomic mass is 35.5. The van der Waals surface area contributed by atoms with Crippen LogP contribution in [0.5, 0.6) is 0 Å². The van der Waals surface area contributed by atoms with Gasteiger partial charge in [-0.2, -0.15) is 0 Å². The summed E-state index contributed by atoms with van der Waals surface area (Å²) in [4.78, 5) is 1.24. The summed E-state index contributed by atoms with van der Waals surface area (Å²) in [5.74, 6) is 0.329. The van der Waals surface area contributed by atoms with Crippen LogP contribution in [0.2, 0.25) is 4.34 Å². The van der Waals surface area contributed by atoms with E-state index < -0.39 is 10.0 Å². The Morgan fingerprint density at radius 2 is 2.17 bits per heavy atom. The molecule has 1 aliphatic rings. The maximum absolute atomic E-state index is 12.1. The van der Waals surface area contributed by atoms with Crippen molar-refractivity contribution < 1.29 is 8.42 Å². The standard InChI is InChI=1S/C11H10ClNO2S3/c12-10-3-4-11(17-10)18(14,15)13-8-6-7(8)9-2-1-5-16-9/h1-5,7-8,13H,6H2. The molecule has 0 aromatic carbocycles. The van der Waals surface area contributed by atoms with Gasteiger partial charge in [-0.1, -0.05) is 17.7 Å². The highest BCUT2D eigenvalue weighted by Crippen LogP contribution is 2.43. The molecule has 3 rings (SSSR count). The summed E-state index contributed by atoms with van der Waals surface area (Å²) in [5, 5.41) is 2.01. The first-order valence-electron chi connectivity index (χ1n) is 5.37. The zero-order valence-electron chi connectivity index (χ0n) is 9.17. The molecule has 0 bridgehead atoms. The maximum atomic E-state index is 12.1. The van der Waals surface area contributed by atoms with Crippen molar-refractivity contribution >= 4 is 44.3 Å². The van der Waals surface area contributed by atoms with E-state index in [4.69, 9.17) is 11.6 Å². The van der Waals surface area contributed by atoms with Gasteiger partial charge < -0.3 is 0 Å². The van der Waals surface area contributed by atoms with Gasteiger partial charge in [0.25, 0.3) is 0 Å². The van der Waals surface area contributed by atoms with Crippen molar-refractivity contribution in [1.82, 2.24) is 4.72 Å². The fourth-order valence-corrected chi connectivity index (χ4v) is 5.54. The van der Waals surface area contributed by atoms with Crippen molar-refractivity contribution in [2.24, 2.45) is 0 Å². The molecule has 0 spiro atoms. The Morgan fingerprint density at radius 3 is 2.78 bits per heavy atom. The minimum atomic E-state index is -3.41. The molecular weight excluding hydrogens is 310 g/mol. The molecule has 7 heteroatoms. The number of sulfonamides is 1. The number of thiophene rings is 2. The first-order valence-corrected chi connectivity index (χ1v) is 8.93. The Kier molecular flexibility index (Phi) is 3.23. The van der Waals surface area contributed by atoms with Crippen LogP contribution in [0.3, 0.4) is 0 Å². The van der Waals surface area contributed by atoms with E-state index in [-0.39, 0.29) is 10.3 Å². The van der Waals surface area contributed by atoms with Crippen LogP contribution in [0.15, 0.2) is 33.9 Å². The smallest absolute Gasteiger partial charge is 0.207 e. The molecule has 96 valence electrons. The van der Waals surface area contributed by atoms with Crippen molar-refractivity contribution in [1.29, 1.82) is 0 Å². The van der Waals surface area contributed by atoms with E-state index in [9.17, 15) is 8.42 Å². The summed E-state index contributed by atoms with van der Waals surface area (Å²) in [5.41, 5.74) is 0. The van der Waals surface area contributed by atoms with E-state index in [0.717, 1.165) is 17.8 Å². The van der Waals surface area contributed by atoms with E-state index in [1.807, 2.05) is 17.5 Å². The van der Waals surface area contributed by atoms with Gasteiger partial charge in [0.1, 0.15) is 4.21 Å². The van der Waals surface area contributed by atoms with Crippen molar-refractivity contribution in [3.05, 3.63) is 38.9 Å². The summed E-state index contributed by atoms with van der Waals surface area (Å²) < 4.78 is 27.6. The van der Waals surface area contributed by atoms with Crippen LogP contribution in [0, 0.1) is 0 Å². The number of nitrogens with one attached hydrogen (secondary N) is 1. The summed E-state index contributed by atoms with van der Waals surface area (Å²) >= 11 is 8.51. The average molecular weight is 320 g/mol. The zero-order valence-corrected chi connectivity index (χ0v) is 12.4. The van der Waals surface area contributed by atoms with Gasteiger partial charge in [-0.05, 0) is 30.0 Å². The fraction of sp³-hybridized carbons (Fsp3) is 0.273. The highest BCUT2D eigenvalue weighted by Gasteiger charge is 2.42. The molecule has 1 fully saturated rings. The van der Waals surface area contributed by atoms with Crippen molar-refractivity contribution in [3.63, 3.8) is 0 Å². The van der Waals surface area contributed by atoms with Crippen LogP contribution in [0.4, 0.5) is 0 Å². The molecule has 1 aliphatic carbocycles. The van der Waals surface area contributed by atoms with Gasteiger partial charge in [-0.3, -0.25) is 0 Å². The zero-order chi connectivity index (χ0) is 12.8. The van der Waals surface area contributed by atoms with Crippen LogP contribution in [-0.4, -0.2) is 14.5 Å². The van der Waals surface area contributed by atoms with Crippen LogP contribution < -0.4 is 4.72 Å². The summed E-state index contributed by atoms with van der Waals surface area (Å²) in [6.45, 7) is 0. The summed E-state index contributed by atoms with van der Waals surface area (Å²) in [7, 11) is -3.41. The van der Waals surface area contributed by atoms with Gasteiger partial charge in [0.15, 0.2) is 0 Å². The molecule has 2 unspecified atom stereocenters. The number of rotatable bonds is 4. The fourth-order valence-electron chi connectivity index (χ4n) is 1.84. The van der Waals surface area contributed by atoms with Crippen LogP contribution in [0.1, 0.15) is 17.2 Å². The third-order valence-electron chi connectivity index (χ3n) is 2.82. The molecule has 2 aromatic rings. The van der Waals surface area contributed by atoms with Gasteiger partial charge in [-0.15, -0.1) is 22.7 Å². The summed E-state index contributed by atoms with van der Waals surface area (Å²) in [6.07, 6.45) is 0.874. The highest BCUT2D eigenvalue weighted by molar-refractivity contribution is 7.91. The molecule has 0 aliphatic heterocycles. The lowest BCUT2D eigenvalue weighted by Crippen LogP contribution is -2.26. The molecule has 0 saturated heterocycles. The Hall–Kier alpha value is -0.400. The van der Waals surface area contributed by atoms with E-state index >= 15 is 0 Å². The maximum Gasteiger partial charge on any atom is 0.250 e. The van der Waals surface area contributed by atoms with Gasteiger partial charge in [0.05, 0.1) is 4.34 Å². The topological polar surface area (TPSA) is 46.2 Å². The van der Waals surface area contributed by atoms with Gasteiger partial charge in [0.2, 0.25) is 10.0 Å². The van der Waals surface area contributed by atoms with Crippen LogP contribution >= 0.6 is 34.3 Å². The SMILES string of the molecule is O=S(=O)(NC1CC1c1cccs1)c1ccc(Cl)s1. The van der Waals surface area contributed by atoms with E-state index in [2.05, 4.69) is 4.72 Å². The third-order valence-corrected chi connectivity index (χ3v) is 7.04. The lowest BCUT2D eigenvalue weighted by Gasteiger charge is -2.03. The van der Waals surface area contributed by atoms with Gasteiger partial charge in [-0.25, -0.2) is 13.1 Å². The van der Waals surface area contributed by atoms with Gasteiger partial charge in [0, 0.05) is 16.8 Å². The number of halogens is 1. The van der Waals surface area contributed by atoms with Crippen molar-refractivity contribution in [3.8, 4) is 0 Å². The Morgan fingerprint density at radius 1 is 1.33 bits per heavy atom. The molecule has 18 heavy (non-hydrogen) atoms. The molecule has 0 amide bonds. The summed E-state index contributed by atoms with van der Waals surface area (Å²) in [6, 6.07) is 7.20. The average Bonchev–Trinajstić information content (AvgIpc) is 2.78. The first-order chi connectivity index (χ1) is 8.56. The minimum Gasteiger partial charge on any atom is -0.207 e. The van der Waals surface area contributed by atoms with E-state index in [0.29, 0.717) is 10.3 Å². The Balaban J connectivity index is 1.71. The second-order valence-electron chi connectivity index (χ2n) is 4.14. The number of hydrogen-bond donors (Lipinski definition) is 1. The first kappa shape index (κ1) is 12.6. The Bertz CT molecular complexity index is 648. The molecular formula is C11H10ClNO2S3. The molecule has 2 heterocycles. The minimum absolute atomic E-state index is 0.0227. The molecule has 1 saturated carbocycles. The van der Waals surface area contributed by atoms with Crippen molar-refractivity contribution in [2.45, 2.75) is 22.6 Å². The van der Waals surface area contributed by atoms with E-state index in [1.165, 1.54) is 10.9 Å². The van der Waals surface area contributed by atoms with Gasteiger partial charge >= 0.3 is 0 Å². The van der Waals surface area contributed by atoms with Crippen molar-refractivity contribution in [2.75, 3.05) is 0 Å². The van der Waals surface area contributed by atoms with E-state index in [1.54, 1.807) is 17.4 Å². The Labute approximate surface area is 118 Å². The number of hydrogen-bond acceptors (Lipinski definition) is 4. The monoisotopic (exact) mass is 319 g/mol. The lowest BCUT2D eigenvalue weighted by atomic mass is 10.3. The predicted molar refractivity (Wildman–Crippen MR) is 75.1 cm³/mol. The normalized spacial score (nSPS) is 23.2. The second kappa shape index (κ2) is 4.61. The predicted octanol–water partition coefficient (Wildman–Crippen LogP) is 3.30. The molecule has 2 atom stereocenters. The molecule has 3 nitrogen and oxygen atoms in total. The lowest BCUT2D eigenvalue weighted by molar-refractivity contribution is 0.582. The van der Waals surface area contributed by atoms with Crippen LogP contribution in [-0.2, 0) is 10.0 Å². The largest absolute Gasteiger partial charge is 0.250 e. The molecule has 0 radical (unpaired) electrons. The molecule has 2 aromatic heterocycles. The third kappa shape index (κ3) is 2.48. The molecule has 1 N–H and O–H groups in total.